The summed E-state index contributed by atoms with van der Waals surface area (Å²) in [6, 6.07) is 0. The lowest BCUT2D eigenvalue weighted by Gasteiger charge is -2.08. The second kappa shape index (κ2) is 12.2. The van der Waals surface area contributed by atoms with Crippen LogP contribution in [-0.2, 0) is 4.79 Å². The molecule has 0 saturated carbocycles. The van der Waals surface area contributed by atoms with Crippen LogP contribution in [0.5, 0.6) is 0 Å². The molecule has 14 nitrogen and oxygen atoms in total. The van der Waals surface area contributed by atoms with Gasteiger partial charge in [-0.1, -0.05) is 6.58 Å². The normalized spacial score (nSPS) is 10.5. The number of amides is 4. The van der Waals surface area contributed by atoms with Crippen LogP contribution in [0.25, 0.3) is 0 Å². The fourth-order valence-electron chi connectivity index (χ4n) is 3.60. The topological polar surface area (TPSA) is 226 Å². The van der Waals surface area contributed by atoms with E-state index < -0.39 is 17.7 Å². The Labute approximate surface area is 231 Å². The van der Waals surface area contributed by atoms with Crippen molar-refractivity contribution in [2.24, 2.45) is 5.73 Å². The molecule has 11 N–H and O–H groups in total. The molecule has 0 spiro atoms. The Morgan fingerprint density at radius 1 is 0.769 bits per heavy atom. The van der Waals surface area contributed by atoms with Crippen molar-refractivity contribution in [2.75, 3.05) is 29.0 Å². The number of rotatable bonds is 10. The van der Waals surface area contributed by atoms with Crippen molar-refractivity contribution >= 4 is 62.6 Å². The molecule has 15 heteroatoms. The van der Waals surface area contributed by atoms with Crippen LogP contribution in [0.4, 0.5) is 17.1 Å². The van der Waals surface area contributed by atoms with E-state index in [1.165, 1.54) is 18.6 Å². The Balaban J connectivity index is 1.65. The average molecular weight is 601 g/mol. The summed E-state index contributed by atoms with van der Waals surface area (Å²) in [6.07, 6.45) is 4.50. The number of guanidine groups is 1. The molecule has 3 rings (SSSR count). The lowest BCUT2D eigenvalue weighted by atomic mass is 10.2. The minimum atomic E-state index is -0.469. The molecule has 3 aromatic rings. The van der Waals surface area contributed by atoms with Crippen molar-refractivity contribution in [1.29, 1.82) is 5.41 Å². The maximum absolute atomic E-state index is 13.0. The average Bonchev–Trinajstić information content (AvgIpc) is 3.54. The first-order chi connectivity index (χ1) is 18.4. The number of anilines is 3. The van der Waals surface area contributed by atoms with Crippen molar-refractivity contribution in [3.8, 4) is 0 Å². The van der Waals surface area contributed by atoms with Gasteiger partial charge in [0.2, 0.25) is 0 Å². The third-order valence-corrected chi connectivity index (χ3v) is 6.18. The third-order valence-electron chi connectivity index (χ3n) is 5.82. The van der Waals surface area contributed by atoms with Gasteiger partial charge in [-0.05, 0) is 36.7 Å². The molecule has 0 aliphatic carbocycles. The fourth-order valence-corrected chi connectivity index (χ4v) is 3.70. The van der Waals surface area contributed by atoms with Crippen LogP contribution in [-0.4, -0.2) is 57.6 Å². The molecule has 39 heavy (non-hydrogen) atoms. The monoisotopic (exact) mass is 600 g/mol. The molecule has 4 amide bonds. The largest absolute Gasteiger partial charge is 0.370 e. The smallest absolute Gasteiger partial charge is 0.272 e. The highest BCUT2D eigenvalue weighted by Crippen LogP contribution is 2.25. The molecule has 3 aromatic heterocycles. The van der Waals surface area contributed by atoms with Gasteiger partial charge in [0.15, 0.2) is 5.96 Å². The van der Waals surface area contributed by atoms with E-state index in [1.807, 2.05) is 0 Å². The minimum absolute atomic E-state index is 0.149. The number of aromatic amines is 3. The SMILES string of the molecule is C=C(Br)C(=O)Nc1c[nH]c(C(=O)Nc2c[nH]c(C(=O)Nc3c[nH]c(C(=O)NCCNC(=N)N)c3C)c2C)c1C. The summed E-state index contributed by atoms with van der Waals surface area (Å²) in [5, 5.41) is 20.5. The predicted octanol–water partition coefficient (Wildman–Crippen LogP) is 2.16. The quantitative estimate of drug-likeness (QED) is 0.0725. The Kier molecular flexibility index (Phi) is 8.98. The number of aromatic nitrogens is 3. The Bertz CT molecular complexity index is 1470. The van der Waals surface area contributed by atoms with Crippen LogP contribution in [0.2, 0.25) is 0 Å². The summed E-state index contributed by atoms with van der Waals surface area (Å²) in [5.74, 6) is -1.93. The van der Waals surface area contributed by atoms with Gasteiger partial charge >= 0.3 is 0 Å². The maximum atomic E-state index is 13.0. The summed E-state index contributed by atoms with van der Waals surface area (Å²) in [7, 11) is 0. The molecule has 0 bridgehead atoms. The van der Waals surface area contributed by atoms with Crippen LogP contribution in [0, 0.1) is 26.2 Å². The molecule has 0 saturated heterocycles. The molecule has 0 aromatic carbocycles. The Hall–Kier alpha value is -4.79. The zero-order valence-corrected chi connectivity index (χ0v) is 23.0. The lowest BCUT2D eigenvalue weighted by molar-refractivity contribution is -0.112. The van der Waals surface area contributed by atoms with Crippen LogP contribution in [0.15, 0.2) is 29.7 Å². The molecule has 0 unspecified atom stereocenters. The molecule has 0 aliphatic heterocycles. The summed E-state index contributed by atoms with van der Waals surface area (Å²) in [5.41, 5.74) is 8.74. The van der Waals surface area contributed by atoms with E-state index in [0.29, 0.717) is 40.3 Å². The van der Waals surface area contributed by atoms with Crippen molar-refractivity contribution in [1.82, 2.24) is 25.6 Å². The summed E-state index contributed by atoms with van der Waals surface area (Å²) in [6.45, 7) is 9.09. The van der Waals surface area contributed by atoms with Gasteiger partial charge in [-0.3, -0.25) is 24.6 Å². The third kappa shape index (κ3) is 6.75. The second-order valence-electron chi connectivity index (χ2n) is 8.47. The molecular formula is C24H29BrN10O4. The highest BCUT2D eigenvalue weighted by molar-refractivity contribution is 9.12. The maximum Gasteiger partial charge on any atom is 0.272 e. The first-order valence-corrected chi connectivity index (χ1v) is 12.4. The molecule has 0 atom stereocenters. The highest BCUT2D eigenvalue weighted by Gasteiger charge is 2.21. The Morgan fingerprint density at radius 3 is 1.56 bits per heavy atom. The summed E-state index contributed by atoms with van der Waals surface area (Å²) < 4.78 is 0.149. The minimum Gasteiger partial charge on any atom is -0.370 e. The van der Waals surface area contributed by atoms with Gasteiger partial charge in [0, 0.05) is 48.4 Å². The molecular weight excluding hydrogens is 572 g/mol. The fraction of sp³-hybridized carbons (Fsp3) is 0.208. The standard InChI is InChI=1S/C24H29BrN10O4/c1-10-15(8-30-17(10)21(37)28-5-6-29-24(26)27)34-23(39)19-12(3)16(9-32-19)35-22(38)18-11(2)14(7-31-18)33-20(36)13(4)25/h7-9,30-32H,4-6H2,1-3H3,(H,28,37)(H,33,36)(H,34,39)(H,35,38)(H4,26,27,29). The number of hydrogen-bond acceptors (Lipinski definition) is 5. The number of hydrogen-bond donors (Lipinski definition) is 10. The van der Waals surface area contributed by atoms with Crippen molar-refractivity contribution in [2.45, 2.75) is 20.8 Å². The van der Waals surface area contributed by atoms with E-state index in [-0.39, 0.29) is 40.0 Å². The predicted molar refractivity (Wildman–Crippen MR) is 151 cm³/mol. The van der Waals surface area contributed by atoms with Gasteiger partial charge < -0.3 is 47.3 Å². The van der Waals surface area contributed by atoms with E-state index >= 15 is 0 Å². The van der Waals surface area contributed by atoms with Gasteiger partial charge in [0.1, 0.15) is 17.1 Å². The number of carbonyl (C=O) groups is 4. The van der Waals surface area contributed by atoms with E-state index in [1.54, 1.807) is 20.8 Å². The van der Waals surface area contributed by atoms with Gasteiger partial charge in [-0.15, -0.1) is 0 Å². The molecule has 0 fully saturated rings. The van der Waals surface area contributed by atoms with E-state index in [0.717, 1.165) is 0 Å². The van der Waals surface area contributed by atoms with E-state index in [2.05, 4.69) is 64.0 Å². The Morgan fingerprint density at radius 2 is 1.15 bits per heavy atom. The molecule has 206 valence electrons. The number of H-pyrrole nitrogens is 3. The molecule has 0 radical (unpaired) electrons. The van der Waals surface area contributed by atoms with Crippen LogP contribution in [0.1, 0.15) is 48.2 Å². The van der Waals surface area contributed by atoms with Gasteiger partial charge in [0.05, 0.1) is 21.5 Å². The van der Waals surface area contributed by atoms with Gasteiger partial charge in [0.25, 0.3) is 23.6 Å². The van der Waals surface area contributed by atoms with E-state index in [9.17, 15) is 19.2 Å². The molecule has 3 heterocycles. The zero-order valence-electron chi connectivity index (χ0n) is 21.4. The van der Waals surface area contributed by atoms with Crippen LogP contribution in [0.3, 0.4) is 0 Å². The molecule has 0 aliphatic rings. The number of halogens is 1. The number of nitrogens with two attached hydrogens (primary N) is 1. The van der Waals surface area contributed by atoms with Gasteiger partial charge in [-0.25, -0.2) is 0 Å². The van der Waals surface area contributed by atoms with Crippen LogP contribution >= 0.6 is 15.9 Å². The van der Waals surface area contributed by atoms with Crippen molar-refractivity contribution in [3.05, 3.63) is 63.4 Å². The first kappa shape index (κ1) is 28.8. The highest BCUT2D eigenvalue weighted by atomic mass is 79.9. The zero-order chi connectivity index (χ0) is 28.9. The van der Waals surface area contributed by atoms with Crippen molar-refractivity contribution < 1.29 is 19.2 Å². The lowest BCUT2D eigenvalue weighted by Crippen LogP contribution is -2.37. The summed E-state index contributed by atoms with van der Waals surface area (Å²) in [4.78, 5) is 58.7. The summed E-state index contributed by atoms with van der Waals surface area (Å²) >= 11 is 3.01. The van der Waals surface area contributed by atoms with Gasteiger partial charge in [-0.2, -0.15) is 0 Å². The number of nitrogens with one attached hydrogen (secondary N) is 9. The van der Waals surface area contributed by atoms with Crippen LogP contribution < -0.4 is 32.3 Å². The van der Waals surface area contributed by atoms with Crippen molar-refractivity contribution in [3.63, 3.8) is 0 Å². The second-order valence-corrected chi connectivity index (χ2v) is 9.43. The number of carbonyl (C=O) groups excluding carboxylic acids is 4. The van der Waals surface area contributed by atoms with E-state index in [4.69, 9.17) is 11.1 Å². The first-order valence-electron chi connectivity index (χ1n) is 11.6.